The van der Waals surface area contributed by atoms with Crippen LogP contribution in [-0.2, 0) is 30.3 Å². The van der Waals surface area contributed by atoms with E-state index < -0.39 is 20.7 Å². The first kappa shape index (κ1) is 23.3. The second-order valence-electron chi connectivity index (χ2n) is 6.92. The van der Waals surface area contributed by atoms with Crippen molar-refractivity contribution in [3.05, 3.63) is 72.4 Å². The van der Waals surface area contributed by atoms with Gasteiger partial charge in [0, 0.05) is 24.4 Å². The molecule has 0 aliphatic carbocycles. The second-order valence-corrected chi connectivity index (χ2v) is 10.4. The minimum Gasteiger partial charge on any atom is -0.326 e. The predicted octanol–water partition coefficient (Wildman–Crippen LogP) is 3.92. The van der Waals surface area contributed by atoms with E-state index in [1.165, 1.54) is 32.2 Å². The molecule has 0 bridgehead atoms. The third kappa shape index (κ3) is 6.08. The van der Waals surface area contributed by atoms with Crippen LogP contribution in [0.3, 0.4) is 0 Å². The molecule has 32 heavy (non-hydrogen) atoms. The molecule has 0 radical (unpaired) electrons. The van der Waals surface area contributed by atoms with Gasteiger partial charge in [0.05, 0.1) is 16.8 Å². The summed E-state index contributed by atoms with van der Waals surface area (Å²) in [6, 6.07) is 16.5. The third-order valence-electron chi connectivity index (χ3n) is 4.14. The van der Waals surface area contributed by atoms with Crippen molar-refractivity contribution in [2.75, 3.05) is 10.6 Å². The Morgan fingerprint density at radius 1 is 0.844 bits per heavy atom. The van der Waals surface area contributed by atoms with Gasteiger partial charge in [-0.1, -0.05) is 17.7 Å². The van der Waals surface area contributed by atoms with E-state index in [9.17, 15) is 18.0 Å². The molecule has 0 aliphatic rings. The molecule has 0 aliphatic heterocycles. The first-order valence-electron chi connectivity index (χ1n) is 9.54. The first-order valence-corrected chi connectivity index (χ1v) is 12.2. The first-order chi connectivity index (χ1) is 15.1. The number of carbonyl (C=O) groups excluding carboxylic acids is 2. The smallest absolute Gasteiger partial charge is 0.288 e. The fourth-order valence-electron chi connectivity index (χ4n) is 2.70. The monoisotopic (exact) mass is 470 g/mol. The van der Waals surface area contributed by atoms with E-state index in [-0.39, 0.29) is 16.7 Å². The number of hydrogen-bond donors (Lipinski definition) is 2. The van der Waals surface area contributed by atoms with Crippen LogP contribution in [0.5, 0.6) is 0 Å². The molecule has 2 N–H and O–H groups in total. The van der Waals surface area contributed by atoms with E-state index in [0.29, 0.717) is 21.3 Å². The number of anilines is 2. The van der Waals surface area contributed by atoms with E-state index >= 15 is 0 Å². The summed E-state index contributed by atoms with van der Waals surface area (Å²) >= 11 is 0. The largest absolute Gasteiger partial charge is 0.326 e. The van der Waals surface area contributed by atoms with Crippen molar-refractivity contribution in [2.45, 2.75) is 35.6 Å². The zero-order valence-corrected chi connectivity index (χ0v) is 19.3. The number of carbonyl (C=O) groups is 2. The van der Waals surface area contributed by atoms with Gasteiger partial charge in [0.2, 0.25) is 11.8 Å². The van der Waals surface area contributed by atoms with Crippen molar-refractivity contribution in [3.8, 4) is 0 Å². The summed E-state index contributed by atoms with van der Waals surface area (Å²) in [5, 5.41) is 5.72. The Balaban J connectivity index is 2.08. The fraction of sp³-hybridized carbons (Fsp3) is 0.136. The minimum atomic E-state index is -3.97. The summed E-state index contributed by atoms with van der Waals surface area (Å²) < 4.78 is 30.2. The van der Waals surface area contributed by atoms with E-state index in [1.807, 2.05) is 6.92 Å². The SMILES string of the molecule is CC(=O)Nc1ccc([S@@](=NS(=O)(=O)c2ccc(C)cc2)c2ccc(NC(C)=O)cn2)cc1. The highest BCUT2D eigenvalue weighted by atomic mass is 32.3. The molecule has 2 aromatic carbocycles. The standard InChI is InChI=1S/C22H22N4O4S2/c1-15-4-11-21(12-5-15)32(29,30)26-31(20-9-6-18(7-10-20)24-16(2)27)22-13-8-19(14-23-22)25-17(3)28/h4-14H,1-3H3,(H,24,27)(H,25,28)/t31-/m1/s1. The Morgan fingerprint density at radius 2 is 1.41 bits per heavy atom. The highest BCUT2D eigenvalue weighted by molar-refractivity contribution is 8.00. The zero-order chi connectivity index (χ0) is 23.3. The molecule has 0 fully saturated rings. The second kappa shape index (κ2) is 9.84. The molecule has 0 unspecified atom stereocenters. The van der Waals surface area contributed by atoms with Gasteiger partial charge >= 0.3 is 0 Å². The van der Waals surface area contributed by atoms with Gasteiger partial charge in [-0.05, 0) is 66.1 Å². The lowest BCUT2D eigenvalue weighted by atomic mass is 10.2. The molecule has 3 aromatic rings. The molecule has 1 atom stereocenters. The topological polar surface area (TPSA) is 118 Å². The average Bonchev–Trinajstić information content (AvgIpc) is 2.73. The highest BCUT2D eigenvalue weighted by Crippen LogP contribution is 2.24. The molecule has 1 aromatic heterocycles. The fourth-order valence-corrected chi connectivity index (χ4v) is 5.94. The number of pyridine rings is 1. The maximum absolute atomic E-state index is 13.0. The van der Waals surface area contributed by atoms with Crippen LogP contribution in [-0.4, -0.2) is 25.2 Å². The van der Waals surface area contributed by atoms with E-state index in [2.05, 4.69) is 19.4 Å². The third-order valence-corrected chi connectivity index (χ3v) is 7.75. The number of rotatable bonds is 6. The van der Waals surface area contributed by atoms with Gasteiger partial charge in [-0.25, -0.2) is 4.98 Å². The number of aromatic nitrogens is 1. The van der Waals surface area contributed by atoms with Crippen LogP contribution in [0.25, 0.3) is 0 Å². The van der Waals surface area contributed by atoms with Gasteiger partial charge in [0.15, 0.2) is 0 Å². The average molecular weight is 471 g/mol. The molecule has 3 rings (SSSR count). The Hall–Kier alpha value is -3.37. The molecule has 2 amide bonds. The van der Waals surface area contributed by atoms with Gasteiger partial charge in [-0.2, -0.15) is 8.42 Å². The van der Waals surface area contributed by atoms with Crippen molar-refractivity contribution in [1.29, 1.82) is 0 Å². The number of benzene rings is 2. The Labute approximate surface area is 189 Å². The summed E-state index contributed by atoms with van der Waals surface area (Å²) in [5.74, 6) is -0.447. The van der Waals surface area contributed by atoms with Gasteiger partial charge in [-0.15, -0.1) is 3.77 Å². The Kier molecular flexibility index (Phi) is 7.16. The van der Waals surface area contributed by atoms with Crippen LogP contribution in [0.15, 0.2) is 85.4 Å². The molecule has 0 spiro atoms. The molecule has 1 heterocycles. The number of aryl methyl sites for hydroxylation is 1. The van der Waals surface area contributed by atoms with Gasteiger partial charge in [0.1, 0.15) is 5.03 Å². The summed E-state index contributed by atoms with van der Waals surface area (Å²) in [4.78, 5) is 27.6. The van der Waals surface area contributed by atoms with Crippen LogP contribution in [0.4, 0.5) is 11.4 Å². The lowest BCUT2D eigenvalue weighted by Gasteiger charge is -2.11. The minimum absolute atomic E-state index is 0.0883. The molecule has 166 valence electrons. The maximum atomic E-state index is 13.0. The lowest BCUT2D eigenvalue weighted by molar-refractivity contribution is -0.115. The lowest BCUT2D eigenvalue weighted by Crippen LogP contribution is -2.08. The zero-order valence-electron chi connectivity index (χ0n) is 17.7. The summed E-state index contributed by atoms with van der Waals surface area (Å²) in [7, 11) is -5.24. The summed E-state index contributed by atoms with van der Waals surface area (Å²) in [6.45, 7) is 4.66. The molecular formula is C22H22N4O4S2. The number of sulfonamides is 1. The maximum Gasteiger partial charge on any atom is 0.288 e. The molecule has 0 saturated carbocycles. The van der Waals surface area contributed by atoms with Crippen molar-refractivity contribution in [2.24, 2.45) is 3.77 Å². The van der Waals surface area contributed by atoms with E-state index in [4.69, 9.17) is 0 Å². The quantitative estimate of drug-likeness (QED) is 0.566. The van der Waals surface area contributed by atoms with Crippen LogP contribution >= 0.6 is 0 Å². The van der Waals surface area contributed by atoms with Crippen molar-refractivity contribution in [1.82, 2.24) is 4.98 Å². The molecular weight excluding hydrogens is 448 g/mol. The van der Waals surface area contributed by atoms with Crippen molar-refractivity contribution in [3.63, 3.8) is 0 Å². The van der Waals surface area contributed by atoms with E-state index in [1.54, 1.807) is 48.5 Å². The molecule has 8 nitrogen and oxygen atoms in total. The van der Waals surface area contributed by atoms with Crippen LogP contribution in [0, 0.1) is 6.92 Å². The van der Waals surface area contributed by atoms with Crippen molar-refractivity contribution >= 4 is 43.9 Å². The van der Waals surface area contributed by atoms with E-state index in [0.717, 1.165) is 5.56 Å². The Bertz CT molecular complexity index is 1210. The van der Waals surface area contributed by atoms with Crippen LogP contribution in [0.1, 0.15) is 19.4 Å². The number of nitrogens with zero attached hydrogens (tertiary/aromatic N) is 2. The highest BCUT2D eigenvalue weighted by Gasteiger charge is 2.17. The van der Waals surface area contributed by atoms with Crippen LogP contribution in [0.2, 0.25) is 0 Å². The molecule has 10 heteroatoms. The number of amides is 2. The number of nitrogens with one attached hydrogen (secondary N) is 2. The van der Waals surface area contributed by atoms with Crippen molar-refractivity contribution < 1.29 is 18.0 Å². The summed E-state index contributed by atoms with van der Waals surface area (Å²) in [5.41, 5.74) is 2.01. The Morgan fingerprint density at radius 3 is 1.94 bits per heavy atom. The van der Waals surface area contributed by atoms with Gasteiger partial charge in [-0.3, -0.25) is 9.59 Å². The van der Waals surface area contributed by atoms with Crippen LogP contribution < -0.4 is 10.6 Å². The summed E-state index contributed by atoms with van der Waals surface area (Å²) in [6.07, 6.45) is 1.45. The normalized spacial score (nSPS) is 12.2. The number of hydrogen-bond acceptors (Lipinski definition) is 5. The van der Waals surface area contributed by atoms with Gasteiger partial charge < -0.3 is 10.6 Å². The molecule has 0 saturated heterocycles. The predicted molar refractivity (Wildman–Crippen MR) is 124 cm³/mol. The van der Waals surface area contributed by atoms with Gasteiger partial charge in [0.25, 0.3) is 10.0 Å².